The monoisotopic (exact) mass is 504 g/mol. The van der Waals surface area contributed by atoms with Crippen LogP contribution < -0.4 is 5.32 Å². The van der Waals surface area contributed by atoms with Crippen molar-refractivity contribution in [3.63, 3.8) is 0 Å². The topological polar surface area (TPSA) is 49.8 Å². The molecule has 3 aliphatic rings. The van der Waals surface area contributed by atoms with E-state index >= 15 is 0 Å². The lowest BCUT2D eigenvalue weighted by atomic mass is 9.87. The number of hydrogen-bond donors (Lipinski definition) is 1. The van der Waals surface area contributed by atoms with Gasteiger partial charge >= 0.3 is 0 Å². The number of halogens is 1. The standard InChI is InChI=1S/C20H32N4OS.HI/c1-2-21-19(24-12-9-20(14-24)10-13-25-15-20)22-11-5-8-18-23-16-6-3-4-7-17(16)26-18;/h2-15H2,1H3,(H,21,22);1H. The predicted molar refractivity (Wildman–Crippen MR) is 123 cm³/mol. The first kappa shape index (κ1) is 21.3. The Bertz CT molecular complexity index is 618. The van der Waals surface area contributed by atoms with E-state index in [1.807, 2.05) is 11.3 Å². The molecule has 2 saturated heterocycles. The highest BCUT2D eigenvalue weighted by molar-refractivity contribution is 14.0. The zero-order chi connectivity index (χ0) is 17.8. The lowest BCUT2D eigenvalue weighted by molar-refractivity contribution is 0.156. The Balaban J connectivity index is 0.00000210. The fourth-order valence-corrected chi connectivity index (χ4v) is 5.64. The van der Waals surface area contributed by atoms with Crippen LogP contribution in [0.5, 0.6) is 0 Å². The second-order valence-corrected chi connectivity index (χ2v) is 9.17. The largest absolute Gasteiger partial charge is 0.381 e. The molecule has 7 heteroatoms. The van der Waals surface area contributed by atoms with Gasteiger partial charge in [0.1, 0.15) is 0 Å². The molecule has 3 heterocycles. The number of fused-ring (bicyclic) bond motifs is 1. The van der Waals surface area contributed by atoms with Crippen molar-refractivity contribution in [1.29, 1.82) is 0 Å². The van der Waals surface area contributed by atoms with Crippen LogP contribution >= 0.6 is 35.3 Å². The highest BCUT2D eigenvalue weighted by Gasteiger charge is 2.42. The Kier molecular flexibility index (Phi) is 7.79. The minimum absolute atomic E-state index is 0. The van der Waals surface area contributed by atoms with Crippen molar-refractivity contribution in [1.82, 2.24) is 15.2 Å². The van der Waals surface area contributed by atoms with Crippen LogP contribution in [-0.2, 0) is 24.0 Å². The average molecular weight is 504 g/mol. The van der Waals surface area contributed by atoms with Gasteiger partial charge in [-0.05, 0) is 51.9 Å². The highest BCUT2D eigenvalue weighted by Crippen LogP contribution is 2.38. The van der Waals surface area contributed by atoms with E-state index in [0.717, 1.165) is 58.2 Å². The molecule has 5 nitrogen and oxygen atoms in total. The highest BCUT2D eigenvalue weighted by atomic mass is 127. The quantitative estimate of drug-likeness (QED) is 0.288. The number of nitrogens with zero attached hydrogens (tertiary/aromatic N) is 3. The number of aryl methyl sites for hydroxylation is 3. The van der Waals surface area contributed by atoms with Gasteiger partial charge in [0.15, 0.2) is 5.96 Å². The normalized spacial score (nSPS) is 24.9. The first-order valence-corrected chi connectivity index (χ1v) is 11.2. The van der Waals surface area contributed by atoms with Gasteiger partial charge in [0, 0.05) is 49.5 Å². The maximum atomic E-state index is 5.66. The van der Waals surface area contributed by atoms with E-state index in [2.05, 4.69) is 17.1 Å². The zero-order valence-corrected chi connectivity index (χ0v) is 19.6. The summed E-state index contributed by atoms with van der Waals surface area (Å²) >= 11 is 1.94. The van der Waals surface area contributed by atoms with E-state index in [-0.39, 0.29) is 24.0 Å². The van der Waals surface area contributed by atoms with Crippen LogP contribution in [0.1, 0.15) is 54.6 Å². The van der Waals surface area contributed by atoms with Crippen molar-refractivity contribution in [3.05, 3.63) is 15.6 Å². The summed E-state index contributed by atoms with van der Waals surface area (Å²) in [7, 11) is 0. The van der Waals surface area contributed by atoms with Crippen LogP contribution in [0.4, 0.5) is 0 Å². The summed E-state index contributed by atoms with van der Waals surface area (Å²) in [5, 5.41) is 4.81. The van der Waals surface area contributed by atoms with Gasteiger partial charge in [-0.2, -0.15) is 0 Å². The second-order valence-electron chi connectivity index (χ2n) is 8.00. The van der Waals surface area contributed by atoms with E-state index in [1.165, 1.54) is 49.2 Å². The summed E-state index contributed by atoms with van der Waals surface area (Å²) in [5.41, 5.74) is 1.77. The number of thiazole rings is 1. The van der Waals surface area contributed by atoms with Crippen molar-refractivity contribution in [2.75, 3.05) is 39.4 Å². The summed E-state index contributed by atoms with van der Waals surface area (Å²) in [6, 6.07) is 0. The molecule has 0 radical (unpaired) electrons. The number of aromatic nitrogens is 1. The summed E-state index contributed by atoms with van der Waals surface area (Å²) in [4.78, 5) is 13.8. The maximum Gasteiger partial charge on any atom is 0.193 e. The Morgan fingerprint density at radius 3 is 3.00 bits per heavy atom. The molecule has 2 fully saturated rings. The SMILES string of the molecule is CCNC(=NCCCc1nc2c(s1)CCCC2)N1CCC2(CCOC2)C1.I. The number of ether oxygens (including phenoxy) is 1. The van der Waals surface area contributed by atoms with Gasteiger partial charge < -0.3 is 15.0 Å². The van der Waals surface area contributed by atoms with Crippen molar-refractivity contribution in [3.8, 4) is 0 Å². The lowest BCUT2D eigenvalue weighted by Gasteiger charge is -2.24. The molecule has 0 saturated carbocycles. The summed E-state index contributed by atoms with van der Waals surface area (Å²) in [5.74, 6) is 1.09. The zero-order valence-electron chi connectivity index (χ0n) is 16.5. The van der Waals surface area contributed by atoms with E-state index in [9.17, 15) is 0 Å². The van der Waals surface area contributed by atoms with Crippen LogP contribution in [0.15, 0.2) is 4.99 Å². The smallest absolute Gasteiger partial charge is 0.193 e. The van der Waals surface area contributed by atoms with E-state index < -0.39 is 0 Å². The fourth-order valence-electron chi connectivity index (χ4n) is 4.44. The average Bonchev–Trinajstić information content (AvgIpc) is 3.38. The van der Waals surface area contributed by atoms with Gasteiger partial charge in [-0.1, -0.05) is 0 Å². The number of rotatable bonds is 5. The molecule has 1 aromatic heterocycles. The Labute approximate surface area is 184 Å². The van der Waals surface area contributed by atoms with Crippen LogP contribution in [0.3, 0.4) is 0 Å². The molecule has 0 aromatic carbocycles. The van der Waals surface area contributed by atoms with Crippen LogP contribution in [0.25, 0.3) is 0 Å². The van der Waals surface area contributed by atoms with Crippen molar-refractivity contribution >= 4 is 41.3 Å². The van der Waals surface area contributed by atoms with E-state index in [4.69, 9.17) is 14.7 Å². The molecule has 0 bridgehead atoms. The van der Waals surface area contributed by atoms with Gasteiger partial charge in [-0.3, -0.25) is 4.99 Å². The van der Waals surface area contributed by atoms with Crippen LogP contribution in [-0.4, -0.2) is 55.2 Å². The molecule has 4 rings (SSSR count). The molecule has 27 heavy (non-hydrogen) atoms. The summed E-state index contributed by atoms with van der Waals surface area (Å²) < 4.78 is 5.66. The van der Waals surface area contributed by atoms with Crippen LogP contribution in [0.2, 0.25) is 0 Å². The number of likely N-dealkylation sites (tertiary alicyclic amines) is 1. The number of aliphatic imine (C=N–C) groups is 1. The predicted octanol–water partition coefficient (Wildman–Crippen LogP) is 3.65. The summed E-state index contributed by atoms with van der Waals surface area (Å²) in [6.45, 7) is 8.02. The second kappa shape index (κ2) is 9.87. The Morgan fingerprint density at radius 1 is 1.33 bits per heavy atom. The van der Waals surface area contributed by atoms with E-state index in [1.54, 1.807) is 4.88 Å². The van der Waals surface area contributed by atoms with Gasteiger partial charge in [0.25, 0.3) is 0 Å². The molecular formula is C20H33IN4OS. The lowest BCUT2D eigenvalue weighted by Crippen LogP contribution is -2.41. The molecule has 1 unspecified atom stereocenters. The number of hydrogen-bond acceptors (Lipinski definition) is 4. The third-order valence-corrected chi connectivity index (χ3v) is 7.18. The molecular weight excluding hydrogens is 471 g/mol. The first-order chi connectivity index (χ1) is 12.8. The van der Waals surface area contributed by atoms with Crippen molar-refractivity contribution < 1.29 is 4.74 Å². The Hall–Kier alpha value is -0.410. The third-order valence-electron chi connectivity index (χ3n) is 5.96. The fraction of sp³-hybridized carbons (Fsp3) is 0.800. The number of nitrogens with one attached hydrogen (secondary N) is 1. The van der Waals surface area contributed by atoms with Gasteiger partial charge in [-0.15, -0.1) is 35.3 Å². The molecule has 1 N–H and O–H groups in total. The first-order valence-electron chi connectivity index (χ1n) is 10.4. The van der Waals surface area contributed by atoms with Gasteiger partial charge in [0.2, 0.25) is 0 Å². The van der Waals surface area contributed by atoms with Gasteiger partial charge in [0.05, 0.1) is 17.3 Å². The maximum absolute atomic E-state index is 5.66. The van der Waals surface area contributed by atoms with Crippen LogP contribution in [0, 0.1) is 5.41 Å². The van der Waals surface area contributed by atoms with E-state index in [0.29, 0.717) is 5.41 Å². The molecule has 1 aliphatic carbocycles. The number of guanidine groups is 1. The molecule has 1 spiro atoms. The minimum Gasteiger partial charge on any atom is -0.381 e. The van der Waals surface area contributed by atoms with Crippen molar-refractivity contribution in [2.24, 2.45) is 10.4 Å². The molecule has 1 aromatic rings. The third kappa shape index (κ3) is 5.15. The summed E-state index contributed by atoms with van der Waals surface area (Å²) in [6.07, 6.45) is 9.69. The van der Waals surface area contributed by atoms with Gasteiger partial charge in [-0.25, -0.2) is 4.98 Å². The molecule has 2 aliphatic heterocycles. The molecule has 152 valence electrons. The minimum atomic E-state index is 0. The molecule has 0 amide bonds. The van der Waals surface area contributed by atoms with Crippen molar-refractivity contribution in [2.45, 2.75) is 58.3 Å². The Morgan fingerprint density at radius 2 is 2.22 bits per heavy atom. The molecule has 1 atom stereocenters.